The van der Waals surface area contributed by atoms with Gasteiger partial charge in [-0.3, -0.25) is 0 Å². The summed E-state index contributed by atoms with van der Waals surface area (Å²) in [6.45, 7) is 0. The number of rotatable bonds is 5. The number of fused-ring (bicyclic) bond motifs is 4. The minimum atomic E-state index is 0.882. The summed E-state index contributed by atoms with van der Waals surface area (Å²) in [6.07, 6.45) is 0. The molecule has 0 radical (unpaired) electrons. The quantitative estimate of drug-likeness (QED) is 0.196. The van der Waals surface area contributed by atoms with E-state index in [2.05, 4.69) is 180 Å². The highest BCUT2D eigenvalue weighted by molar-refractivity contribution is 6.19. The molecule has 9 aromatic rings. The van der Waals surface area contributed by atoms with Gasteiger partial charge in [0.1, 0.15) is 11.5 Å². The number of hydrogen-bond donors (Lipinski definition) is 0. The summed E-state index contributed by atoms with van der Waals surface area (Å²) < 4.78 is 9.41. The van der Waals surface area contributed by atoms with Crippen LogP contribution in [-0.2, 0) is 0 Å². The second-order valence-electron chi connectivity index (χ2n) is 11.7. The SMILES string of the molecule is c1ccc(-c2cccc(-c3oc(-c4ccc5c(c4-c4ccccc4)c4ccccc4n5-c4ccccc4)c4ccccc34)c2)cc1. The molecule has 0 aliphatic carbocycles. The predicted octanol–water partition coefficient (Wildman–Crippen LogP) is 12.2. The second kappa shape index (κ2) is 10.8. The van der Waals surface area contributed by atoms with Gasteiger partial charge >= 0.3 is 0 Å². The first-order valence-electron chi connectivity index (χ1n) is 15.7. The summed E-state index contributed by atoms with van der Waals surface area (Å²) in [5, 5.41) is 4.64. The molecule has 0 aliphatic heterocycles. The Labute approximate surface area is 267 Å². The average molecular weight is 588 g/mol. The van der Waals surface area contributed by atoms with E-state index in [1.54, 1.807) is 0 Å². The molecule has 0 amide bonds. The Morgan fingerprint density at radius 1 is 0.370 bits per heavy atom. The van der Waals surface area contributed by atoms with E-state index >= 15 is 0 Å². The summed E-state index contributed by atoms with van der Waals surface area (Å²) in [7, 11) is 0. The van der Waals surface area contributed by atoms with E-state index in [9.17, 15) is 0 Å². The Balaban J connectivity index is 1.35. The van der Waals surface area contributed by atoms with E-state index in [-0.39, 0.29) is 0 Å². The summed E-state index contributed by atoms with van der Waals surface area (Å²) in [4.78, 5) is 0. The van der Waals surface area contributed by atoms with Gasteiger partial charge in [-0.1, -0.05) is 140 Å². The average Bonchev–Trinajstić information content (AvgIpc) is 3.69. The summed E-state index contributed by atoms with van der Waals surface area (Å²) in [6, 6.07) is 62.4. The first-order chi connectivity index (χ1) is 22.8. The highest BCUT2D eigenvalue weighted by atomic mass is 16.3. The number of furan rings is 1. The first-order valence-corrected chi connectivity index (χ1v) is 15.7. The molecule has 46 heavy (non-hydrogen) atoms. The van der Waals surface area contributed by atoms with E-state index in [0.29, 0.717) is 0 Å². The monoisotopic (exact) mass is 587 g/mol. The maximum Gasteiger partial charge on any atom is 0.143 e. The van der Waals surface area contributed by atoms with E-state index in [4.69, 9.17) is 4.42 Å². The highest BCUT2D eigenvalue weighted by Gasteiger charge is 2.24. The van der Waals surface area contributed by atoms with Gasteiger partial charge in [0.15, 0.2) is 0 Å². The van der Waals surface area contributed by atoms with Crippen LogP contribution < -0.4 is 0 Å². The Kier molecular flexibility index (Phi) is 6.17. The second-order valence-corrected chi connectivity index (χ2v) is 11.7. The molecule has 216 valence electrons. The Morgan fingerprint density at radius 2 is 0.935 bits per heavy atom. The third-order valence-corrected chi connectivity index (χ3v) is 9.01. The molecule has 0 fully saturated rings. The molecule has 0 spiro atoms. The van der Waals surface area contributed by atoms with Crippen LogP contribution in [0.2, 0.25) is 0 Å². The number of nitrogens with zero attached hydrogens (tertiary/aromatic N) is 1. The lowest BCUT2D eigenvalue weighted by atomic mass is 9.92. The van der Waals surface area contributed by atoms with Gasteiger partial charge in [-0.15, -0.1) is 0 Å². The number of para-hydroxylation sites is 2. The number of benzene rings is 7. The van der Waals surface area contributed by atoms with E-state index in [1.165, 1.54) is 38.5 Å². The zero-order chi connectivity index (χ0) is 30.5. The Morgan fingerprint density at radius 3 is 1.67 bits per heavy atom. The fraction of sp³-hybridized carbons (Fsp3) is 0. The summed E-state index contributed by atoms with van der Waals surface area (Å²) in [5.74, 6) is 1.77. The topological polar surface area (TPSA) is 18.1 Å². The molecule has 0 aliphatic rings. The highest BCUT2D eigenvalue weighted by Crippen LogP contribution is 2.47. The zero-order valence-electron chi connectivity index (χ0n) is 25.1. The van der Waals surface area contributed by atoms with Crippen LogP contribution >= 0.6 is 0 Å². The maximum absolute atomic E-state index is 7.04. The molecule has 2 aromatic heterocycles. The van der Waals surface area contributed by atoms with Crippen LogP contribution in [-0.4, -0.2) is 4.57 Å². The predicted molar refractivity (Wildman–Crippen MR) is 192 cm³/mol. The van der Waals surface area contributed by atoms with Gasteiger partial charge in [0.05, 0.1) is 11.0 Å². The van der Waals surface area contributed by atoms with Crippen molar-refractivity contribution in [3.8, 4) is 50.6 Å². The van der Waals surface area contributed by atoms with Crippen molar-refractivity contribution in [1.29, 1.82) is 0 Å². The third kappa shape index (κ3) is 4.19. The number of aromatic nitrogens is 1. The molecule has 2 nitrogen and oxygen atoms in total. The molecule has 0 atom stereocenters. The molecule has 2 heteroatoms. The maximum atomic E-state index is 7.04. The molecular formula is C44H29NO. The minimum Gasteiger partial charge on any atom is -0.455 e. The van der Waals surface area contributed by atoms with Crippen molar-refractivity contribution >= 4 is 32.6 Å². The van der Waals surface area contributed by atoms with Crippen molar-refractivity contribution in [1.82, 2.24) is 4.57 Å². The smallest absolute Gasteiger partial charge is 0.143 e. The van der Waals surface area contributed by atoms with Crippen molar-refractivity contribution in [2.75, 3.05) is 0 Å². The minimum absolute atomic E-state index is 0.882. The molecule has 0 N–H and O–H groups in total. The number of hydrogen-bond acceptors (Lipinski definition) is 1. The molecule has 7 aromatic carbocycles. The Bertz CT molecular complexity index is 2500. The van der Waals surface area contributed by atoms with Gasteiger partial charge in [-0.25, -0.2) is 0 Å². The Hall–Kier alpha value is -6.12. The van der Waals surface area contributed by atoms with Gasteiger partial charge in [0.2, 0.25) is 0 Å². The van der Waals surface area contributed by atoms with Crippen LogP contribution in [0.3, 0.4) is 0 Å². The molecule has 9 rings (SSSR count). The van der Waals surface area contributed by atoms with Crippen molar-refractivity contribution < 1.29 is 4.42 Å². The summed E-state index contributed by atoms with van der Waals surface area (Å²) in [5.41, 5.74) is 10.3. The first kappa shape index (κ1) is 26.3. The molecular weight excluding hydrogens is 558 g/mol. The van der Waals surface area contributed by atoms with Gasteiger partial charge in [0, 0.05) is 43.9 Å². The van der Waals surface area contributed by atoms with Crippen LogP contribution in [0.5, 0.6) is 0 Å². The molecule has 2 heterocycles. The van der Waals surface area contributed by atoms with Gasteiger partial charge in [0.25, 0.3) is 0 Å². The van der Waals surface area contributed by atoms with Crippen molar-refractivity contribution in [3.63, 3.8) is 0 Å². The van der Waals surface area contributed by atoms with E-state index in [0.717, 1.165) is 44.7 Å². The van der Waals surface area contributed by atoms with Crippen LogP contribution in [0, 0.1) is 0 Å². The lowest BCUT2D eigenvalue weighted by Gasteiger charge is -2.13. The van der Waals surface area contributed by atoms with Crippen LogP contribution in [0.15, 0.2) is 180 Å². The van der Waals surface area contributed by atoms with Gasteiger partial charge < -0.3 is 8.98 Å². The lowest BCUT2D eigenvalue weighted by molar-refractivity contribution is 0.602. The molecule has 0 saturated heterocycles. The fourth-order valence-electron chi connectivity index (χ4n) is 6.99. The van der Waals surface area contributed by atoms with Crippen LogP contribution in [0.1, 0.15) is 0 Å². The normalized spacial score (nSPS) is 11.5. The third-order valence-electron chi connectivity index (χ3n) is 9.01. The van der Waals surface area contributed by atoms with E-state index < -0.39 is 0 Å². The molecule has 0 bridgehead atoms. The van der Waals surface area contributed by atoms with Gasteiger partial charge in [-0.05, 0) is 53.1 Å². The van der Waals surface area contributed by atoms with Crippen molar-refractivity contribution in [2.24, 2.45) is 0 Å². The van der Waals surface area contributed by atoms with Crippen LogP contribution in [0.25, 0.3) is 83.2 Å². The molecule has 0 unspecified atom stereocenters. The van der Waals surface area contributed by atoms with Crippen molar-refractivity contribution in [2.45, 2.75) is 0 Å². The zero-order valence-corrected chi connectivity index (χ0v) is 25.1. The summed E-state index contributed by atoms with van der Waals surface area (Å²) >= 11 is 0. The van der Waals surface area contributed by atoms with Crippen LogP contribution in [0.4, 0.5) is 0 Å². The lowest BCUT2D eigenvalue weighted by Crippen LogP contribution is -1.93. The molecule has 0 saturated carbocycles. The fourth-order valence-corrected chi connectivity index (χ4v) is 6.99. The largest absolute Gasteiger partial charge is 0.455 e. The van der Waals surface area contributed by atoms with Gasteiger partial charge in [-0.2, -0.15) is 0 Å². The van der Waals surface area contributed by atoms with Crippen molar-refractivity contribution in [3.05, 3.63) is 176 Å². The van der Waals surface area contributed by atoms with E-state index in [1.807, 2.05) is 0 Å². The standard InChI is InChI=1S/C44H29NO/c1-4-15-30(16-5-1)32-19-14-20-33(29-32)43-35-23-10-11-24-36(35)44(46-43)38-27-28-40-42(41(38)31-17-6-2-7-18-31)37-25-12-13-26-39(37)45(40)34-21-8-3-9-22-34/h1-29H.